The van der Waals surface area contributed by atoms with Crippen LogP contribution in [0.2, 0.25) is 0 Å². The fourth-order valence-electron chi connectivity index (χ4n) is 0.733. The SMILES string of the molecule is COC(=O)c1cccc(NN)n1. The molecule has 0 radical (unpaired) electrons. The van der Waals surface area contributed by atoms with E-state index >= 15 is 0 Å². The van der Waals surface area contributed by atoms with Gasteiger partial charge in [0.2, 0.25) is 0 Å². The number of esters is 1. The second-order valence-electron chi connectivity index (χ2n) is 2.04. The van der Waals surface area contributed by atoms with Crippen LogP contribution in [0.25, 0.3) is 0 Å². The molecule has 0 atom stereocenters. The van der Waals surface area contributed by atoms with Crippen LogP contribution >= 0.6 is 0 Å². The third-order valence-corrected chi connectivity index (χ3v) is 1.29. The number of ether oxygens (including phenoxy) is 1. The van der Waals surface area contributed by atoms with Crippen molar-refractivity contribution in [2.24, 2.45) is 5.84 Å². The highest BCUT2D eigenvalue weighted by molar-refractivity contribution is 5.87. The fourth-order valence-corrected chi connectivity index (χ4v) is 0.733. The molecule has 1 aromatic heterocycles. The molecule has 64 valence electrons. The summed E-state index contributed by atoms with van der Waals surface area (Å²) in [6.07, 6.45) is 0. The number of aromatic nitrogens is 1. The molecule has 0 aliphatic rings. The Kier molecular flexibility index (Phi) is 2.60. The molecule has 0 aromatic carbocycles. The van der Waals surface area contributed by atoms with Gasteiger partial charge < -0.3 is 10.2 Å². The van der Waals surface area contributed by atoms with E-state index in [1.54, 1.807) is 18.2 Å². The Morgan fingerprint density at radius 1 is 1.67 bits per heavy atom. The number of pyridine rings is 1. The molecule has 0 spiro atoms. The number of anilines is 1. The summed E-state index contributed by atoms with van der Waals surface area (Å²) in [7, 11) is 1.30. The van der Waals surface area contributed by atoms with Crippen molar-refractivity contribution in [2.45, 2.75) is 0 Å². The Balaban J connectivity index is 2.93. The van der Waals surface area contributed by atoms with Gasteiger partial charge in [0.05, 0.1) is 7.11 Å². The van der Waals surface area contributed by atoms with Crippen molar-refractivity contribution in [3.05, 3.63) is 23.9 Å². The van der Waals surface area contributed by atoms with Crippen LogP contribution in [0.1, 0.15) is 10.5 Å². The molecule has 1 aromatic rings. The first-order valence-electron chi connectivity index (χ1n) is 3.30. The topological polar surface area (TPSA) is 77.2 Å². The minimum absolute atomic E-state index is 0.230. The predicted molar refractivity (Wildman–Crippen MR) is 43.4 cm³/mol. The van der Waals surface area contributed by atoms with E-state index < -0.39 is 5.97 Å². The molecule has 1 heterocycles. The number of nitrogen functional groups attached to an aromatic ring is 1. The minimum Gasteiger partial charge on any atom is -0.464 e. The lowest BCUT2D eigenvalue weighted by molar-refractivity contribution is 0.0594. The number of hydrogen-bond donors (Lipinski definition) is 2. The van der Waals surface area contributed by atoms with E-state index in [9.17, 15) is 4.79 Å². The number of carbonyl (C=O) groups is 1. The smallest absolute Gasteiger partial charge is 0.356 e. The zero-order chi connectivity index (χ0) is 8.97. The van der Waals surface area contributed by atoms with Crippen molar-refractivity contribution in [2.75, 3.05) is 12.5 Å². The van der Waals surface area contributed by atoms with Crippen LogP contribution in [0, 0.1) is 0 Å². The van der Waals surface area contributed by atoms with Gasteiger partial charge in [-0.3, -0.25) is 0 Å². The Morgan fingerprint density at radius 2 is 2.42 bits per heavy atom. The average Bonchev–Trinajstić information content (AvgIpc) is 2.17. The lowest BCUT2D eigenvalue weighted by Gasteiger charge is -2.00. The van der Waals surface area contributed by atoms with Crippen LogP contribution in [0.4, 0.5) is 5.82 Å². The number of hydrogen-bond acceptors (Lipinski definition) is 5. The maximum atomic E-state index is 10.9. The maximum absolute atomic E-state index is 10.9. The lowest BCUT2D eigenvalue weighted by atomic mass is 10.3. The van der Waals surface area contributed by atoms with E-state index in [4.69, 9.17) is 5.84 Å². The number of rotatable bonds is 2. The summed E-state index contributed by atoms with van der Waals surface area (Å²) < 4.78 is 4.47. The number of hydrazine groups is 1. The van der Waals surface area contributed by atoms with E-state index in [-0.39, 0.29) is 5.69 Å². The third kappa shape index (κ3) is 1.70. The Hall–Kier alpha value is -1.62. The van der Waals surface area contributed by atoms with E-state index in [1.165, 1.54) is 7.11 Å². The Morgan fingerprint density at radius 3 is 3.00 bits per heavy atom. The molecule has 12 heavy (non-hydrogen) atoms. The molecular formula is C7H9N3O2. The van der Waals surface area contributed by atoms with Gasteiger partial charge in [-0.05, 0) is 12.1 Å². The van der Waals surface area contributed by atoms with Gasteiger partial charge in [-0.25, -0.2) is 15.6 Å². The predicted octanol–water partition coefficient (Wildman–Crippen LogP) is 0.154. The minimum atomic E-state index is -0.480. The quantitative estimate of drug-likeness (QED) is 0.372. The van der Waals surface area contributed by atoms with Crippen LogP contribution in [-0.2, 0) is 4.74 Å². The van der Waals surface area contributed by atoms with Crippen molar-refractivity contribution in [3.63, 3.8) is 0 Å². The molecule has 5 nitrogen and oxygen atoms in total. The molecule has 0 aliphatic heterocycles. The first kappa shape index (κ1) is 8.48. The van der Waals surface area contributed by atoms with Crippen LogP contribution in [0.3, 0.4) is 0 Å². The highest BCUT2D eigenvalue weighted by atomic mass is 16.5. The standard InChI is InChI=1S/C7H9N3O2/c1-12-7(11)5-3-2-4-6(9-5)10-8/h2-4H,8H2,1H3,(H,9,10). The summed E-state index contributed by atoms with van der Waals surface area (Å²) in [5.74, 6) is 5.04. The summed E-state index contributed by atoms with van der Waals surface area (Å²) in [6.45, 7) is 0. The highest BCUT2D eigenvalue weighted by Gasteiger charge is 2.05. The van der Waals surface area contributed by atoms with Gasteiger partial charge in [-0.2, -0.15) is 0 Å². The van der Waals surface area contributed by atoms with E-state index in [1.807, 2.05) is 0 Å². The molecule has 5 heteroatoms. The van der Waals surface area contributed by atoms with Crippen molar-refractivity contribution in [1.82, 2.24) is 4.98 Å². The second kappa shape index (κ2) is 3.68. The maximum Gasteiger partial charge on any atom is 0.356 e. The largest absolute Gasteiger partial charge is 0.464 e. The molecule has 0 amide bonds. The van der Waals surface area contributed by atoms with E-state index in [2.05, 4.69) is 15.1 Å². The summed E-state index contributed by atoms with van der Waals surface area (Å²) in [5.41, 5.74) is 2.56. The van der Waals surface area contributed by atoms with Crippen LogP contribution in [0.15, 0.2) is 18.2 Å². The highest BCUT2D eigenvalue weighted by Crippen LogP contribution is 2.03. The van der Waals surface area contributed by atoms with Gasteiger partial charge >= 0.3 is 5.97 Å². The summed E-state index contributed by atoms with van der Waals surface area (Å²) >= 11 is 0. The molecule has 0 aliphatic carbocycles. The molecule has 0 saturated carbocycles. The number of nitrogens with one attached hydrogen (secondary N) is 1. The fraction of sp³-hybridized carbons (Fsp3) is 0.143. The summed E-state index contributed by atoms with van der Waals surface area (Å²) in [6, 6.07) is 4.85. The van der Waals surface area contributed by atoms with Gasteiger partial charge in [0, 0.05) is 0 Å². The third-order valence-electron chi connectivity index (χ3n) is 1.29. The molecule has 1 rings (SSSR count). The Labute approximate surface area is 69.5 Å². The number of nitrogens with two attached hydrogens (primary N) is 1. The zero-order valence-corrected chi connectivity index (χ0v) is 6.57. The molecule has 3 N–H and O–H groups in total. The first-order valence-corrected chi connectivity index (χ1v) is 3.30. The zero-order valence-electron chi connectivity index (χ0n) is 6.57. The second-order valence-corrected chi connectivity index (χ2v) is 2.04. The van der Waals surface area contributed by atoms with Gasteiger partial charge in [0.1, 0.15) is 5.82 Å². The van der Waals surface area contributed by atoms with Crippen molar-refractivity contribution < 1.29 is 9.53 Å². The van der Waals surface area contributed by atoms with E-state index in [0.717, 1.165) is 0 Å². The van der Waals surface area contributed by atoms with Gasteiger partial charge in [-0.15, -0.1) is 0 Å². The van der Waals surface area contributed by atoms with Crippen LogP contribution in [0.5, 0.6) is 0 Å². The monoisotopic (exact) mass is 167 g/mol. The molecular weight excluding hydrogens is 158 g/mol. The average molecular weight is 167 g/mol. The first-order chi connectivity index (χ1) is 5.77. The molecule has 0 bridgehead atoms. The van der Waals surface area contributed by atoms with E-state index in [0.29, 0.717) is 5.82 Å². The van der Waals surface area contributed by atoms with Crippen molar-refractivity contribution in [3.8, 4) is 0 Å². The lowest BCUT2D eigenvalue weighted by Crippen LogP contribution is -2.11. The molecule has 0 fully saturated rings. The molecule has 0 saturated heterocycles. The summed E-state index contributed by atoms with van der Waals surface area (Å²) in [5, 5.41) is 0. The van der Waals surface area contributed by atoms with Crippen molar-refractivity contribution >= 4 is 11.8 Å². The van der Waals surface area contributed by atoms with Crippen LogP contribution < -0.4 is 11.3 Å². The van der Waals surface area contributed by atoms with Gasteiger partial charge in [0.15, 0.2) is 5.69 Å². The van der Waals surface area contributed by atoms with Crippen LogP contribution in [-0.4, -0.2) is 18.1 Å². The Bertz CT molecular complexity index is 288. The van der Waals surface area contributed by atoms with Gasteiger partial charge in [0.25, 0.3) is 0 Å². The summed E-state index contributed by atoms with van der Waals surface area (Å²) in [4.78, 5) is 14.8. The number of methoxy groups -OCH3 is 1. The van der Waals surface area contributed by atoms with Gasteiger partial charge in [-0.1, -0.05) is 6.07 Å². The number of carbonyl (C=O) groups excluding carboxylic acids is 1. The van der Waals surface area contributed by atoms with Crippen molar-refractivity contribution in [1.29, 1.82) is 0 Å². The normalized spacial score (nSPS) is 9.17. The number of nitrogens with zero attached hydrogens (tertiary/aromatic N) is 1. The molecule has 0 unspecified atom stereocenters.